The van der Waals surface area contributed by atoms with E-state index in [2.05, 4.69) is 53.2 Å². The molecule has 3 heteroatoms. The van der Waals surface area contributed by atoms with Crippen LogP contribution in [0.5, 0.6) is 11.5 Å². The molecule has 3 rings (SSSR count). The van der Waals surface area contributed by atoms with Gasteiger partial charge in [-0.15, -0.1) is 0 Å². The number of alkyl halides is 1. The molecule has 2 nitrogen and oxygen atoms in total. The molecular formula is C18H19BrO2. The number of halogens is 1. The Morgan fingerprint density at radius 2 is 1.90 bits per heavy atom. The van der Waals surface area contributed by atoms with E-state index in [1.807, 2.05) is 19.1 Å². The molecule has 0 saturated carbocycles. The van der Waals surface area contributed by atoms with Crippen LogP contribution in [0.3, 0.4) is 0 Å². The summed E-state index contributed by atoms with van der Waals surface area (Å²) >= 11 is 3.80. The first-order chi connectivity index (χ1) is 10.2. The fourth-order valence-corrected chi connectivity index (χ4v) is 3.28. The number of fused-ring (bicyclic) bond motifs is 1. The largest absolute Gasteiger partial charge is 0.494 e. The lowest BCUT2D eigenvalue weighted by molar-refractivity contribution is 0.254. The summed E-state index contributed by atoms with van der Waals surface area (Å²) in [6, 6.07) is 14.7. The van der Waals surface area contributed by atoms with Crippen molar-refractivity contribution in [2.45, 2.75) is 31.2 Å². The zero-order valence-electron chi connectivity index (χ0n) is 12.3. The lowest BCUT2D eigenvalue weighted by atomic mass is 10.0. The quantitative estimate of drug-likeness (QED) is 0.733. The lowest BCUT2D eigenvalue weighted by Crippen LogP contribution is -2.05. The van der Waals surface area contributed by atoms with Crippen LogP contribution in [0.25, 0.3) is 0 Å². The minimum absolute atomic E-state index is 0.189. The summed E-state index contributed by atoms with van der Waals surface area (Å²) in [5.74, 6) is 1.94. The molecule has 0 saturated heterocycles. The van der Waals surface area contributed by atoms with Gasteiger partial charge in [0.15, 0.2) is 0 Å². The highest BCUT2D eigenvalue weighted by Crippen LogP contribution is 2.36. The second-order valence-corrected chi connectivity index (χ2v) is 6.28. The third-order valence-corrected chi connectivity index (χ3v) is 4.75. The zero-order chi connectivity index (χ0) is 14.8. The van der Waals surface area contributed by atoms with Gasteiger partial charge in [0.1, 0.15) is 17.6 Å². The molecule has 1 aliphatic heterocycles. The molecular weight excluding hydrogens is 328 g/mol. The Labute approximate surface area is 134 Å². The third kappa shape index (κ3) is 3.08. The summed E-state index contributed by atoms with van der Waals surface area (Å²) in [4.78, 5) is 0.189. The molecule has 2 atom stereocenters. The lowest BCUT2D eigenvalue weighted by Gasteiger charge is -2.13. The van der Waals surface area contributed by atoms with Gasteiger partial charge in [-0.3, -0.25) is 0 Å². The predicted molar refractivity (Wildman–Crippen MR) is 88.6 cm³/mol. The molecule has 0 aliphatic carbocycles. The van der Waals surface area contributed by atoms with Crippen molar-refractivity contribution >= 4 is 15.9 Å². The van der Waals surface area contributed by atoms with Crippen LogP contribution < -0.4 is 9.47 Å². The van der Waals surface area contributed by atoms with E-state index in [4.69, 9.17) is 9.47 Å². The van der Waals surface area contributed by atoms with Gasteiger partial charge in [-0.25, -0.2) is 0 Å². The van der Waals surface area contributed by atoms with Crippen LogP contribution in [0.2, 0.25) is 0 Å². The first-order valence-electron chi connectivity index (χ1n) is 7.33. The number of ether oxygens (including phenoxy) is 2. The second-order valence-electron chi connectivity index (χ2n) is 5.36. The summed E-state index contributed by atoms with van der Waals surface area (Å²) in [5.41, 5.74) is 3.79. The van der Waals surface area contributed by atoms with Crippen LogP contribution in [-0.4, -0.2) is 12.7 Å². The molecule has 0 bridgehead atoms. The normalized spacial score (nSPS) is 18.0. The van der Waals surface area contributed by atoms with Gasteiger partial charge in [-0.2, -0.15) is 0 Å². The SMILES string of the molecule is CCOc1ccc(C(Br)c2ccc3c(c2)CC(C)O3)cc1. The Morgan fingerprint density at radius 3 is 2.62 bits per heavy atom. The summed E-state index contributed by atoms with van der Waals surface area (Å²) in [6.45, 7) is 4.80. The maximum absolute atomic E-state index is 5.76. The Morgan fingerprint density at radius 1 is 1.19 bits per heavy atom. The molecule has 1 aliphatic rings. The second kappa shape index (κ2) is 6.10. The van der Waals surface area contributed by atoms with Crippen molar-refractivity contribution < 1.29 is 9.47 Å². The van der Waals surface area contributed by atoms with E-state index < -0.39 is 0 Å². The standard InChI is InChI=1S/C18H19BrO2/c1-3-20-16-7-4-13(5-8-16)18(19)14-6-9-17-15(11-14)10-12(2)21-17/h4-9,11-12,18H,3,10H2,1-2H3. The van der Waals surface area contributed by atoms with Crippen LogP contribution >= 0.6 is 15.9 Å². The number of rotatable bonds is 4. The molecule has 0 aromatic heterocycles. The van der Waals surface area contributed by atoms with Crippen molar-refractivity contribution in [3.8, 4) is 11.5 Å². The fourth-order valence-electron chi connectivity index (χ4n) is 2.69. The van der Waals surface area contributed by atoms with E-state index >= 15 is 0 Å². The van der Waals surface area contributed by atoms with Crippen LogP contribution in [0.1, 0.15) is 35.4 Å². The van der Waals surface area contributed by atoms with Gasteiger partial charge in [0.2, 0.25) is 0 Å². The van der Waals surface area contributed by atoms with Gasteiger partial charge in [0.05, 0.1) is 11.4 Å². The average molecular weight is 347 g/mol. The van der Waals surface area contributed by atoms with Crippen molar-refractivity contribution in [2.24, 2.45) is 0 Å². The van der Waals surface area contributed by atoms with Crippen LogP contribution in [0, 0.1) is 0 Å². The molecule has 0 amide bonds. The van der Waals surface area contributed by atoms with Crippen LogP contribution in [0.15, 0.2) is 42.5 Å². The van der Waals surface area contributed by atoms with E-state index in [-0.39, 0.29) is 10.9 Å². The Kier molecular flexibility index (Phi) is 4.20. The minimum Gasteiger partial charge on any atom is -0.494 e. The monoisotopic (exact) mass is 346 g/mol. The molecule has 0 spiro atoms. The molecule has 1 heterocycles. The van der Waals surface area contributed by atoms with E-state index in [1.165, 1.54) is 16.7 Å². The van der Waals surface area contributed by atoms with Gasteiger partial charge < -0.3 is 9.47 Å². The first kappa shape index (κ1) is 14.5. The third-order valence-electron chi connectivity index (χ3n) is 3.70. The van der Waals surface area contributed by atoms with E-state index in [1.54, 1.807) is 0 Å². The van der Waals surface area contributed by atoms with E-state index in [0.717, 1.165) is 17.9 Å². The predicted octanol–water partition coefficient (Wildman–Crippen LogP) is 4.89. The Hall–Kier alpha value is -1.48. The molecule has 21 heavy (non-hydrogen) atoms. The number of benzene rings is 2. The molecule has 0 radical (unpaired) electrons. The van der Waals surface area contributed by atoms with Gasteiger partial charge in [-0.05, 0) is 48.7 Å². The highest BCUT2D eigenvalue weighted by atomic mass is 79.9. The van der Waals surface area contributed by atoms with Crippen LogP contribution in [-0.2, 0) is 6.42 Å². The maximum atomic E-state index is 5.76. The molecule has 110 valence electrons. The van der Waals surface area contributed by atoms with Crippen LogP contribution in [0.4, 0.5) is 0 Å². The van der Waals surface area contributed by atoms with Gasteiger partial charge in [0, 0.05) is 6.42 Å². The molecule has 2 aromatic carbocycles. The highest BCUT2D eigenvalue weighted by molar-refractivity contribution is 9.09. The van der Waals surface area contributed by atoms with Gasteiger partial charge >= 0.3 is 0 Å². The summed E-state index contributed by atoms with van der Waals surface area (Å²) in [7, 11) is 0. The topological polar surface area (TPSA) is 18.5 Å². The number of hydrogen-bond donors (Lipinski definition) is 0. The molecule has 0 N–H and O–H groups in total. The van der Waals surface area contributed by atoms with Crippen molar-refractivity contribution in [3.05, 3.63) is 59.2 Å². The fraction of sp³-hybridized carbons (Fsp3) is 0.333. The molecule has 0 fully saturated rings. The first-order valence-corrected chi connectivity index (χ1v) is 8.25. The van der Waals surface area contributed by atoms with Crippen molar-refractivity contribution in [1.29, 1.82) is 0 Å². The minimum atomic E-state index is 0.189. The molecule has 2 aromatic rings. The summed E-state index contributed by atoms with van der Waals surface area (Å²) < 4.78 is 11.2. The van der Waals surface area contributed by atoms with Crippen molar-refractivity contribution in [3.63, 3.8) is 0 Å². The number of hydrogen-bond acceptors (Lipinski definition) is 2. The van der Waals surface area contributed by atoms with E-state index in [9.17, 15) is 0 Å². The van der Waals surface area contributed by atoms with Gasteiger partial charge in [0.25, 0.3) is 0 Å². The van der Waals surface area contributed by atoms with Crippen molar-refractivity contribution in [2.75, 3.05) is 6.61 Å². The highest BCUT2D eigenvalue weighted by Gasteiger charge is 2.20. The zero-order valence-corrected chi connectivity index (χ0v) is 13.9. The molecule has 2 unspecified atom stereocenters. The van der Waals surface area contributed by atoms with Gasteiger partial charge in [-0.1, -0.05) is 40.2 Å². The smallest absolute Gasteiger partial charge is 0.123 e. The Bertz CT molecular complexity index is 622. The summed E-state index contributed by atoms with van der Waals surface area (Å²) in [6.07, 6.45) is 1.28. The van der Waals surface area contributed by atoms with Crippen molar-refractivity contribution in [1.82, 2.24) is 0 Å². The van der Waals surface area contributed by atoms with E-state index in [0.29, 0.717) is 6.61 Å². The average Bonchev–Trinajstić information content (AvgIpc) is 2.86. The Balaban J connectivity index is 1.82. The summed E-state index contributed by atoms with van der Waals surface area (Å²) in [5, 5.41) is 0. The maximum Gasteiger partial charge on any atom is 0.123 e.